The molecule has 0 unspecified atom stereocenters. The number of para-hydroxylation sites is 1. The van der Waals surface area contributed by atoms with Crippen molar-refractivity contribution < 1.29 is 19.2 Å². The van der Waals surface area contributed by atoms with Crippen LogP contribution in [0.5, 0.6) is 0 Å². The molecular weight excluding hydrogens is 288 g/mol. The van der Waals surface area contributed by atoms with Crippen LogP contribution in [0.2, 0.25) is 0 Å². The predicted octanol–water partition coefficient (Wildman–Crippen LogP) is 1.99. The van der Waals surface area contributed by atoms with E-state index in [1.54, 1.807) is 18.2 Å². The molecule has 0 aliphatic heterocycles. The van der Waals surface area contributed by atoms with E-state index in [4.69, 9.17) is 0 Å². The van der Waals surface area contributed by atoms with Gasteiger partial charge in [0.05, 0.1) is 18.5 Å². The second-order valence-electron chi connectivity index (χ2n) is 4.80. The highest BCUT2D eigenvalue weighted by molar-refractivity contribution is 5.79. The molecule has 120 valence electrons. The Hall–Kier alpha value is -2.44. The van der Waals surface area contributed by atoms with E-state index in [1.807, 2.05) is 0 Å². The van der Waals surface area contributed by atoms with Gasteiger partial charge in [0, 0.05) is 24.6 Å². The van der Waals surface area contributed by atoms with Crippen LogP contribution in [0.25, 0.3) is 0 Å². The first kappa shape index (κ1) is 17.6. The molecule has 22 heavy (non-hydrogen) atoms. The summed E-state index contributed by atoms with van der Waals surface area (Å²) in [5, 5.41) is 13.6. The predicted molar refractivity (Wildman–Crippen MR) is 80.3 cm³/mol. The quantitative estimate of drug-likeness (QED) is 0.325. The fourth-order valence-corrected chi connectivity index (χ4v) is 1.97. The summed E-state index contributed by atoms with van der Waals surface area (Å²) in [6.45, 7) is 0.487. The fraction of sp³-hybridized carbons (Fsp3) is 0.467. The first-order valence-electron chi connectivity index (χ1n) is 7.10. The van der Waals surface area contributed by atoms with Crippen molar-refractivity contribution in [1.82, 2.24) is 5.32 Å². The van der Waals surface area contributed by atoms with E-state index in [1.165, 1.54) is 13.2 Å². The van der Waals surface area contributed by atoms with Crippen molar-refractivity contribution in [3.05, 3.63) is 39.9 Å². The third kappa shape index (κ3) is 6.34. The Kier molecular flexibility index (Phi) is 7.60. The number of carbonyl (C=O) groups is 2. The van der Waals surface area contributed by atoms with Crippen molar-refractivity contribution in [2.45, 2.75) is 32.1 Å². The minimum Gasteiger partial charge on any atom is -0.469 e. The van der Waals surface area contributed by atoms with Gasteiger partial charge in [-0.25, -0.2) is 0 Å². The number of nitro groups is 1. The topological polar surface area (TPSA) is 98.5 Å². The summed E-state index contributed by atoms with van der Waals surface area (Å²) >= 11 is 0. The molecular formula is C15H20N2O5. The molecule has 1 amide bonds. The number of methoxy groups -OCH3 is 1. The first-order valence-corrected chi connectivity index (χ1v) is 7.10. The molecule has 1 aromatic carbocycles. The lowest BCUT2D eigenvalue weighted by atomic mass is 10.1. The number of amides is 1. The molecule has 7 nitrogen and oxygen atoms in total. The number of carbonyl (C=O) groups excluding carboxylic acids is 2. The van der Waals surface area contributed by atoms with Gasteiger partial charge in [-0.15, -0.1) is 0 Å². The Balaban J connectivity index is 2.27. The average molecular weight is 308 g/mol. The summed E-state index contributed by atoms with van der Waals surface area (Å²) in [6.07, 6.45) is 2.63. The molecule has 1 aromatic rings. The summed E-state index contributed by atoms with van der Waals surface area (Å²) in [6, 6.07) is 6.20. The van der Waals surface area contributed by atoms with Crippen molar-refractivity contribution in [3.63, 3.8) is 0 Å². The molecule has 0 saturated carbocycles. The average Bonchev–Trinajstić information content (AvgIpc) is 2.50. The number of hydrogen-bond acceptors (Lipinski definition) is 5. The van der Waals surface area contributed by atoms with E-state index in [2.05, 4.69) is 10.1 Å². The molecule has 1 N–H and O–H groups in total. The normalized spacial score (nSPS) is 10.0. The second-order valence-corrected chi connectivity index (χ2v) is 4.80. The van der Waals surface area contributed by atoms with Gasteiger partial charge in [0.1, 0.15) is 0 Å². The van der Waals surface area contributed by atoms with Crippen molar-refractivity contribution >= 4 is 17.6 Å². The van der Waals surface area contributed by atoms with Gasteiger partial charge >= 0.3 is 5.97 Å². The summed E-state index contributed by atoms with van der Waals surface area (Å²) in [5.74, 6) is -0.484. The number of ether oxygens (including phenoxy) is 1. The van der Waals surface area contributed by atoms with Crippen molar-refractivity contribution in [3.8, 4) is 0 Å². The Morgan fingerprint density at radius 2 is 1.95 bits per heavy atom. The van der Waals surface area contributed by atoms with Crippen LogP contribution in [-0.4, -0.2) is 30.5 Å². The molecule has 0 atom stereocenters. The number of rotatable bonds is 9. The highest BCUT2D eigenvalue weighted by atomic mass is 16.6. The zero-order chi connectivity index (χ0) is 16.4. The van der Waals surface area contributed by atoms with Crippen LogP contribution in [0.15, 0.2) is 24.3 Å². The second kappa shape index (κ2) is 9.49. The Morgan fingerprint density at radius 1 is 1.23 bits per heavy atom. The van der Waals surface area contributed by atoms with Crippen LogP contribution in [0.4, 0.5) is 5.69 Å². The molecule has 0 bridgehead atoms. The molecule has 7 heteroatoms. The van der Waals surface area contributed by atoms with Gasteiger partial charge in [-0.05, 0) is 12.8 Å². The molecule has 0 aromatic heterocycles. The van der Waals surface area contributed by atoms with Crippen LogP contribution in [-0.2, 0) is 20.7 Å². The maximum Gasteiger partial charge on any atom is 0.305 e. The fourth-order valence-electron chi connectivity index (χ4n) is 1.97. The van der Waals surface area contributed by atoms with Gasteiger partial charge in [-0.2, -0.15) is 0 Å². The minimum atomic E-state index is -0.491. The smallest absolute Gasteiger partial charge is 0.305 e. The number of hydrogen-bond donors (Lipinski definition) is 1. The molecule has 0 heterocycles. The van der Waals surface area contributed by atoms with Gasteiger partial charge in [0.15, 0.2) is 0 Å². The van der Waals surface area contributed by atoms with Crippen LogP contribution >= 0.6 is 0 Å². The van der Waals surface area contributed by atoms with Crippen LogP contribution in [0.3, 0.4) is 0 Å². The monoisotopic (exact) mass is 308 g/mol. The van der Waals surface area contributed by atoms with Gasteiger partial charge in [0.2, 0.25) is 5.91 Å². The summed E-state index contributed by atoms with van der Waals surface area (Å²) in [5.41, 5.74) is 0.353. The van der Waals surface area contributed by atoms with Gasteiger partial charge in [0.25, 0.3) is 5.69 Å². The molecule has 0 spiro atoms. The molecule has 0 aliphatic rings. The largest absolute Gasteiger partial charge is 0.469 e. The first-order chi connectivity index (χ1) is 10.5. The maximum atomic E-state index is 11.8. The number of benzene rings is 1. The minimum absolute atomic E-state index is 0.0146. The van der Waals surface area contributed by atoms with E-state index >= 15 is 0 Å². The summed E-state index contributed by atoms with van der Waals surface area (Å²) in [7, 11) is 1.35. The van der Waals surface area contributed by atoms with Gasteiger partial charge in [-0.1, -0.05) is 24.6 Å². The lowest BCUT2D eigenvalue weighted by molar-refractivity contribution is -0.385. The van der Waals surface area contributed by atoms with Crippen LogP contribution in [0.1, 0.15) is 31.2 Å². The van der Waals surface area contributed by atoms with Crippen LogP contribution in [0, 0.1) is 10.1 Å². The lowest BCUT2D eigenvalue weighted by Gasteiger charge is -2.06. The number of nitrogens with zero attached hydrogens (tertiary/aromatic N) is 1. The van der Waals surface area contributed by atoms with Gasteiger partial charge < -0.3 is 10.1 Å². The van der Waals surface area contributed by atoms with E-state index in [0.717, 1.165) is 12.8 Å². The molecule has 0 aliphatic carbocycles. The summed E-state index contributed by atoms with van der Waals surface area (Å²) in [4.78, 5) is 33.0. The number of unbranched alkanes of at least 4 members (excludes halogenated alkanes) is 2. The highest BCUT2D eigenvalue weighted by Crippen LogP contribution is 2.17. The molecule has 0 radical (unpaired) electrons. The Labute approximate surface area is 128 Å². The zero-order valence-electron chi connectivity index (χ0n) is 12.5. The molecule has 1 rings (SSSR count). The third-order valence-corrected chi connectivity index (χ3v) is 3.15. The molecule has 0 fully saturated rings. The SMILES string of the molecule is COC(=O)CCCCCNC(=O)Cc1ccccc1[N+](=O)[O-]. The highest BCUT2D eigenvalue weighted by Gasteiger charge is 2.14. The Morgan fingerprint density at radius 3 is 2.64 bits per heavy atom. The lowest BCUT2D eigenvalue weighted by Crippen LogP contribution is -2.26. The van der Waals surface area contributed by atoms with Crippen molar-refractivity contribution in [1.29, 1.82) is 0 Å². The molecule has 0 saturated heterocycles. The number of nitro benzene ring substituents is 1. The standard InChI is InChI=1S/C15H20N2O5/c1-22-15(19)9-3-2-6-10-16-14(18)11-12-7-4-5-8-13(12)17(20)21/h4-5,7-8H,2-3,6,9-11H2,1H3,(H,16,18). The number of nitrogens with one attached hydrogen (secondary N) is 1. The van der Waals surface area contributed by atoms with E-state index in [0.29, 0.717) is 24.9 Å². The Bertz CT molecular complexity index is 530. The third-order valence-electron chi connectivity index (χ3n) is 3.15. The van der Waals surface area contributed by atoms with E-state index in [-0.39, 0.29) is 24.0 Å². The van der Waals surface area contributed by atoms with Crippen LogP contribution < -0.4 is 5.32 Å². The summed E-state index contributed by atoms with van der Waals surface area (Å²) < 4.78 is 4.53. The van der Waals surface area contributed by atoms with Gasteiger partial charge in [-0.3, -0.25) is 19.7 Å². The van der Waals surface area contributed by atoms with E-state index in [9.17, 15) is 19.7 Å². The van der Waals surface area contributed by atoms with Crippen molar-refractivity contribution in [2.75, 3.05) is 13.7 Å². The van der Waals surface area contributed by atoms with E-state index < -0.39 is 4.92 Å². The maximum absolute atomic E-state index is 11.8. The number of esters is 1. The zero-order valence-corrected chi connectivity index (χ0v) is 12.5. The van der Waals surface area contributed by atoms with Crippen molar-refractivity contribution in [2.24, 2.45) is 0 Å².